The highest BCUT2D eigenvalue weighted by atomic mass is 32.2. The van der Waals surface area contributed by atoms with Gasteiger partial charge in [-0.05, 0) is 37.9 Å². The van der Waals surface area contributed by atoms with E-state index >= 15 is 0 Å². The molecule has 2 unspecified atom stereocenters. The number of thioether (sulfide) groups is 1. The highest BCUT2D eigenvalue weighted by molar-refractivity contribution is 7.99. The van der Waals surface area contributed by atoms with E-state index in [-0.39, 0.29) is 0 Å². The Labute approximate surface area is 128 Å². The molecule has 1 aromatic carbocycles. The molecule has 0 amide bonds. The number of hydrogen-bond donors (Lipinski definition) is 3. The Morgan fingerprint density at radius 2 is 2.33 bits per heavy atom. The number of H-pyrrole nitrogens is 1. The fraction of sp³-hybridized carbons (Fsp3) is 0.438. The van der Waals surface area contributed by atoms with Crippen molar-refractivity contribution in [1.29, 1.82) is 0 Å². The van der Waals surface area contributed by atoms with Gasteiger partial charge >= 0.3 is 5.97 Å². The molecule has 0 saturated heterocycles. The number of aromatic amines is 1. The Morgan fingerprint density at radius 1 is 1.52 bits per heavy atom. The molecule has 1 saturated carbocycles. The minimum Gasteiger partial charge on any atom is -0.480 e. The molecule has 21 heavy (non-hydrogen) atoms. The average molecular weight is 304 g/mol. The van der Waals surface area contributed by atoms with E-state index in [1.807, 2.05) is 19.1 Å². The minimum absolute atomic E-state index is 0.341. The Morgan fingerprint density at radius 3 is 3.05 bits per heavy atom. The average Bonchev–Trinajstić information content (AvgIpc) is 3.04. The summed E-state index contributed by atoms with van der Waals surface area (Å²) in [5.74, 6) is -0.718. The maximum Gasteiger partial charge on any atom is 0.323 e. The number of rotatable bonds is 5. The fourth-order valence-electron chi connectivity index (χ4n) is 3.16. The first kappa shape index (κ1) is 14.5. The van der Waals surface area contributed by atoms with Gasteiger partial charge in [0.1, 0.15) is 5.54 Å². The Balaban J connectivity index is 1.73. The summed E-state index contributed by atoms with van der Waals surface area (Å²) in [5.41, 5.74) is 0.396. The highest BCUT2D eigenvalue weighted by Gasteiger charge is 2.45. The van der Waals surface area contributed by atoms with E-state index in [2.05, 4.69) is 28.5 Å². The first-order chi connectivity index (χ1) is 10.1. The molecule has 3 rings (SSSR count). The number of nitrogens with one attached hydrogen (secondary N) is 2. The summed E-state index contributed by atoms with van der Waals surface area (Å²) in [6, 6.07) is 10.3. The molecule has 112 valence electrons. The van der Waals surface area contributed by atoms with Crippen molar-refractivity contribution >= 4 is 28.6 Å². The lowest BCUT2D eigenvalue weighted by Crippen LogP contribution is -2.50. The number of carboxylic acid groups (broad SMARTS) is 1. The van der Waals surface area contributed by atoms with Crippen LogP contribution in [-0.4, -0.2) is 33.4 Å². The van der Waals surface area contributed by atoms with Gasteiger partial charge in [0.2, 0.25) is 0 Å². The second-order valence-electron chi connectivity index (χ2n) is 5.62. The van der Waals surface area contributed by atoms with Crippen LogP contribution in [0.2, 0.25) is 0 Å². The van der Waals surface area contributed by atoms with E-state index in [0.29, 0.717) is 24.6 Å². The molecule has 1 aliphatic rings. The molecule has 0 bridgehead atoms. The van der Waals surface area contributed by atoms with Crippen molar-refractivity contribution in [3.8, 4) is 0 Å². The van der Waals surface area contributed by atoms with Crippen LogP contribution in [0.1, 0.15) is 26.2 Å². The van der Waals surface area contributed by atoms with Gasteiger partial charge in [-0.15, -0.1) is 11.8 Å². The van der Waals surface area contributed by atoms with Crippen molar-refractivity contribution in [2.75, 3.05) is 6.54 Å². The molecular weight excluding hydrogens is 284 g/mol. The van der Waals surface area contributed by atoms with Crippen molar-refractivity contribution < 1.29 is 9.90 Å². The van der Waals surface area contributed by atoms with Gasteiger partial charge in [-0.25, -0.2) is 0 Å². The third kappa shape index (κ3) is 2.80. The second kappa shape index (κ2) is 5.73. The van der Waals surface area contributed by atoms with Crippen molar-refractivity contribution in [1.82, 2.24) is 10.3 Å². The van der Waals surface area contributed by atoms with Crippen LogP contribution >= 0.6 is 11.8 Å². The van der Waals surface area contributed by atoms with Gasteiger partial charge in [0.05, 0.1) is 5.03 Å². The lowest BCUT2D eigenvalue weighted by molar-refractivity contribution is -0.144. The van der Waals surface area contributed by atoms with Crippen LogP contribution in [0, 0.1) is 0 Å². The molecule has 1 fully saturated rings. The number of benzene rings is 1. The van der Waals surface area contributed by atoms with Gasteiger partial charge in [0.25, 0.3) is 0 Å². The molecule has 1 heterocycles. The van der Waals surface area contributed by atoms with Crippen LogP contribution in [-0.2, 0) is 4.79 Å². The van der Waals surface area contributed by atoms with E-state index in [1.165, 1.54) is 5.39 Å². The van der Waals surface area contributed by atoms with Crippen LogP contribution in [0.25, 0.3) is 10.9 Å². The zero-order valence-electron chi connectivity index (χ0n) is 12.1. The SMILES string of the molecule is CCNC1(C(=O)O)CCC(Sc2cc3ccccc3[nH]2)C1. The highest BCUT2D eigenvalue weighted by Crippen LogP contribution is 2.40. The number of hydrogen-bond acceptors (Lipinski definition) is 3. The van der Waals surface area contributed by atoms with Gasteiger partial charge < -0.3 is 15.4 Å². The monoisotopic (exact) mass is 304 g/mol. The van der Waals surface area contributed by atoms with Gasteiger partial charge in [0.15, 0.2) is 0 Å². The van der Waals surface area contributed by atoms with Crippen LogP contribution in [0.4, 0.5) is 0 Å². The number of aromatic nitrogens is 1. The summed E-state index contributed by atoms with van der Waals surface area (Å²) >= 11 is 1.76. The zero-order chi connectivity index (χ0) is 14.9. The molecule has 0 radical (unpaired) electrons. The topological polar surface area (TPSA) is 65.1 Å². The quantitative estimate of drug-likeness (QED) is 0.793. The Hall–Kier alpha value is -1.46. The number of aliphatic carboxylic acids is 1. The van der Waals surface area contributed by atoms with Gasteiger partial charge in [-0.2, -0.15) is 0 Å². The molecule has 1 aromatic heterocycles. The summed E-state index contributed by atoms with van der Waals surface area (Å²) in [6.45, 7) is 2.65. The van der Waals surface area contributed by atoms with E-state index in [0.717, 1.165) is 17.0 Å². The molecular formula is C16H20N2O2S. The van der Waals surface area contributed by atoms with E-state index in [9.17, 15) is 9.90 Å². The van der Waals surface area contributed by atoms with Gasteiger partial charge in [0, 0.05) is 16.2 Å². The molecule has 4 nitrogen and oxygen atoms in total. The third-order valence-corrected chi connectivity index (χ3v) is 5.40. The third-order valence-electron chi connectivity index (χ3n) is 4.19. The molecule has 0 aliphatic heterocycles. The number of fused-ring (bicyclic) bond motifs is 1. The van der Waals surface area contributed by atoms with Crippen molar-refractivity contribution in [3.05, 3.63) is 30.3 Å². The number of likely N-dealkylation sites (N-methyl/N-ethyl adjacent to an activating group) is 1. The first-order valence-corrected chi connectivity index (χ1v) is 8.24. The predicted molar refractivity (Wildman–Crippen MR) is 85.8 cm³/mol. The van der Waals surface area contributed by atoms with Crippen LogP contribution in [0.5, 0.6) is 0 Å². The molecule has 2 atom stereocenters. The molecule has 3 N–H and O–H groups in total. The maximum absolute atomic E-state index is 11.6. The summed E-state index contributed by atoms with van der Waals surface area (Å²) in [4.78, 5) is 15.0. The van der Waals surface area contributed by atoms with Crippen LogP contribution in [0.15, 0.2) is 35.4 Å². The standard InChI is InChI=1S/C16H20N2O2S/c1-2-17-16(15(19)20)8-7-12(10-16)21-14-9-11-5-3-4-6-13(11)18-14/h3-6,9,12,17-18H,2,7-8,10H2,1H3,(H,19,20). The Bertz CT molecular complexity index is 622. The van der Waals surface area contributed by atoms with E-state index in [4.69, 9.17) is 0 Å². The fourth-order valence-corrected chi connectivity index (χ4v) is 4.49. The van der Waals surface area contributed by atoms with Crippen LogP contribution in [0.3, 0.4) is 0 Å². The van der Waals surface area contributed by atoms with E-state index < -0.39 is 11.5 Å². The van der Waals surface area contributed by atoms with Crippen molar-refractivity contribution in [2.24, 2.45) is 0 Å². The summed E-state index contributed by atoms with van der Waals surface area (Å²) in [5, 5.41) is 15.4. The van der Waals surface area contributed by atoms with Crippen molar-refractivity contribution in [3.63, 3.8) is 0 Å². The molecule has 5 heteroatoms. The lowest BCUT2D eigenvalue weighted by Gasteiger charge is -2.25. The smallest absolute Gasteiger partial charge is 0.323 e. The summed E-state index contributed by atoms with van der Waals surface area (Å²) < 4.78 is 0. The van der Waals surface area contributed by atoms with Gasteiger partial charge in [-0.1, -0.05) is 25.1 Å². The minimum atomic E-state index is -0.738. The molecule has 2 aromatic rings. The van der Waals surface area contributed by atoms with E-state index in [1.54, 1.807) is 11.8 Å². The Kier molecular flexibility index (Phi) is 3.95. The summed E-state index contributed by atoms with van der Waals surface area (Å²) in [6.07, 6.45) is 2.31. The predicted octanol–water partition coefficient (Wildman–Crippen LogP) is 3.25. The second-order valence-corrected chi connectivity index (χ2v) is 6.96. The summed E-state index contributed by atoms with van der Waals surface area (Å²) in [7, 11) is 0. The molecule has 1 aliphatic carbocycles. The number of carboxylic acids is 1. The van der Waals surface area contributed by atoms with Gasteiger partial charge in [-0.3, -0.25) is 4.79 Å². The van der Waals surface area contributed by atoms with Crippen LogP contribution < -0.4 is 5.32 Å². The normalized spacial score (nSPS) is 25.5. The lowest BCUT2D eigenvalue weighted by atomic mass is 9.98. The van der Waals surface area contributed by atoms with Crippen molar-refractivity contribution in [2.45, 2.75) is 42.0 Å². The number of carbonyl (C=O) groups is 1. The maximum atomic E-state index is 11.6. The first-order valence-electron chi connectivity index (χ1n) is 7.36. The largest absolute Gasteiger partial charge is 0.480 e. The number of para-hydroxylation sites is 1. The molecule has 0 spiro atoms. The zero-order valence-corrected chi connectivity index (χ0v) is 12.9.